The maximum Gasteiger partial charge on any atom is 0.230 e. The Balaban J connectivity index is 1.52. The minimum Gasteiger partial charge on any atom is -0.353 e. The lowest BCUT2D eigenvalue weighted by Crippen LogP contribution is -2.48. The van der Waals surface area contributed by atoms with E-state index in [1.807, 2.05) is 35.2 Å². The fourth-order valence-corrected chi connectivity index (χ4v) is 3.70. The highest BCUT2D eigenvalue weighted by Gasteiger charge is 2.40. The van der Waals surface area contributed by atoms with E-state index in [0.717, 1.165) is 44.3 Å². The van der Waals surface area contributed by atoms with E-state index in [1.54, 1.807) is 0 Å². The molecule has 2 amide bonds. The molecule has 0 aromatic heterocycles. The highest BCUT2D eigenvalue weighted by molar-refractivity contribution is 5.84. The molecule has 0 spiro atoms. The van der Waals surface area contributed by atoms with Gasteiger partial charge in [-0.05, 0) is 37.2 Å². The molecule has 3 atom stereocenters. The maximum absolute atomic E-state index is 12.9. The van der Waals surface area contributed by atoms with E-state index in [1.165, 1.54) is 0 Å². The molecule has 0 bridgehead atoms. The minimum absolute atomic E-state index is 0.0512. The zero-order valence-corrected chi connectivity index (χ0v) is 14.7. The number of rotatable bonds is 5. The van der Waals surface area contributed by atoms with Crippen molar-refractivity contribution in [1.82, 2.24) is 10.2 Å². The van der Waals surface area contributed by atoms with Crippen LogP contribution in [0, 0.1) is 11.8 Å². The van der Waals surface area contributed by atoms with E-state index >= 15 is 0 Å². The summed E-state index contributed by atoms with van der Waals surface area (Å²) in [6.07, 6.45) is 3.57. The highest BCUT2D eigenvalue weighted by Crippen LogP contribution is 2.38. The summed E-state index contributed by atoms with van der Waals surface area (Å²) in [6.45, 7) is 5.68. The summed E-state index contributed by atoms with van der Waals surface area (Å²) in [4.78, 5) is 26.9. The van der Waals surface area contributed by atoms with Gasteiger partial charge in [0.15, 0.2) is 0 Å². The number of carbonyl (C=O) groups is 2. The predicted molar refractivity (Wildman–Crippen MR) is 94.5 cm³/mol. The van der Waals surface area contributed by atoms with Crippen LogP contribution in [0.25, 0.3) is 0 Å². The van der Waals surface area contributed by atoms with Crippen molar-refractivity contribution < 1.29 is 9.59 Å². The first kappa shape index (κ1) is 17.0. The van der Waals surface area contributed by atoms with Crippen LogP contribution in [0.5, 0.6) is 0 Å². The van der Waals surface area contributed by atoms with Crippen molar-refractivity contribution in [2.24, 2.45) is 11.8 Å². The van der Waals surface area contributed by atoms with Gasteiger partial charge in [0.2, 0.25) is 11.8 Å². The first-order valence-electron chi connectivity index (χ1n) is 9.24. The fraction of sp³-hybridized carbons (Fsp3) is 0.600. The first-order valence-corrected chi connectivity index (χ1v) is 9.24. The molecule has 130 valence electrons. The van der Waals surface area contributed by atoms with Crippen molar-refractivity contribution in [2.45, 2.75) is 51.5 Å². The van der Waals surface area contributed by atoms with Gasteiger partial charge in [-0.3, -0.25) is 9.59 Å². The number of amides is 2. The summed E-state index contributed by atoms with van der Waals surface area (Å²) in [5.74, 6) is 1.16. The summed E-state index contributed by atoms with van der Waals surface area (Å²) in [5.41, 5.74) is 1.10. The Kier molecular flexibility index (Phi) is 5.22. The normalized spacial score (nSPS) is 25.2. The third-order valence-electron chi connectivity index (χ3n) is 5.51. The summed E-state index contributed by atoms with van der Waals surface area (Å²) in [6, 6.07) is 10.3. The van der Waals surface area contributed by atoms with Gasteiger partial charge in [-0.25, -0.2) is 0 Å². The van der Waals surface area contributed by atoms with Gasteiger partial charge in [0.05, 0.1) is 5.92 Å². The van der Waals surface area contributed by atoms with E-state index in [2.05, 4.69) is 19.2 Å². The highest BCUT2D eigenvalue weighted by atomic mass is 16.2. The largest absolute Gasteiger partial charge is 0.353 e. The van der Waals surface area contributed by atoms with Gasteiger partial charge in [0.25, 0.3) is 0 Å². The van der Waals surface area contributed by atoms with Gasteiger partial charge in [-0.1, -0.05) is 44.2 Å². The Hall–Kier alpha value is -1.84. The second-order valence-electron chi connectivity index (χ2n) is 7.30. The van der Waals surface area contributed by atoms with Crippen LogP contribution in [-0.4, -0.2) is 35.8 Å². The zero-order chi connectivity index (χ0) is 17.1. The summed E-state index contributed by atoms with van der Waals surface area (Å²) < 4.78 is 0. The van der Waals surface area contributed by atoms with Crippen LogP contribution in [-0.2, 0) is 9.59 Å². The molecule has 4 nitrogen and oxygen atoms in total. The molecule has 1 heterocycles. The van der Waals surface area contributed by atoms with E-state index in [-0.39, 0.29) is 29.7 Å². The molecule has 1 saturated heterocycles. The molecule has 1 aromatic rings. The number of nitrogens with one attached hydrogen (secondary N) is 1. The summed E-state index contributed by atoms with van der Waals surface area (Å²) >= 11 is 0. The lowest BCUT2D eigenvalue weighted by atomic mass is 9.93. The zero-order valence-electron chi connectivity index (χ0n) is 14.7. The number of hydrogen-bond acceptors (Lipinski definition) is 2. The van der Waals surface area contributed by atoms with Crippen molar-refractivity contribution in [2.75, 3.05) is 13.1 Å². The van der Waals surface area contributed by atoms with Crippen molar-refractivity contribution in [3.05, 3.63) is 35.9 Å². The number of piperidine rings is 1. The first-order chi connectivity index (χ1) is 11.6. The van der Waals surface area contributed by atoms with Crippen molar-refractivity contribution in [3.8, 4) is 0 Å². The monoisotopic (exact) mass is 328 g/mol. The Morgan fingerprint density at radius 1 is 1.21 bits per heavy atom. The third-order valence-corrected chi connectivity index (χ3v) is 5.51. The molecular weight excluding hydrogens is 300 g/mol. The molecule has 2 fully saturated rings. The predicted octanol–water partition coefficient (Wildman–Crippen LogP) is 2.94. The molecule has 4 heteroatoms. The average Bonchev–Trinajstić information content (AvgIpc) is 3.34. The van der Waals surface area contributed by atoms with E-state index in [0.29, 0.717) is 5.92 Å². The molecule has 24 heavy (non-hydrogen) atoms. The van der Waals surface area contributed by atoms with Crippen LogP contribution in [0.2, 0.25) is 0 Å². The molecule has 1 saturated carbocycles. The van der Waals surface area contributed by atoms with Gasteiger partial charge in [0.1, 0.15) is 0 Å². The molecule has 1 N–H and O–H groups in total. The number of nitrogens with zero attached hydrogens (tertiary/aromatic N) is 1. The topological polar surface area (TPSA) is 49.4 Å². The van der Waals surface area contributed by atoms with Crippen molar-refractivity contribution in [3.63, 3.8) is 0 Å². The molecular formula is C20H28N2O2. The van der Waals surface area contributed by atoms with Crippen LogP contribution in [0.3, 0.4) is 0 Å². The molecule has 0 radical (unpaired) electrons. The number of carbonyl (C=O) groups excluding carboxylic acids is 2. The Morgan fingerprint density at radius 2 is 1.83 bits per heavy atom. The van der Waals surface area contributed by atoms with Gasteiger partial charge in [-0.2, -0.15) is 0 Å². The summed E-state index contributed by atoms with van der Waals surface area (Å²) in [7, 11) is 0. The SMILES string of the molecule is CCC(C(=O)N1CCC(NC(=O)C2CC2C)CC1)c1ccccc1. The number of likely N-dealkylation sites (tertiary alicyclic amines) is 1. The van der Waals surface area contributed by atoms with Crippen molar-refractivity contribution in [1.29, 1.82) is 0 Å². The Labute approximate surface area is 144 Å². The van der Waals surface area contributed by atoms with Crippen LogP contribution in [0.15, 0.2) is 30.3 Å². The molecule has 2 aliphatic rings. The number of benzene rings is 1. The van der Waals surface area contributed by atoms with Crippen LogP contribution in [0.1, 0.15) is 51.0 Å². The molecule has 1 aliphatic heterocycles. The van der Waals surface area contributed by atoms with Gasteiger partial charge in [0, 0.05) is 25.0 Å². The molecule has 1 aliphatic carbocycles. The fourth-order valence-electron chi connectivity index (χ4n) is 3.70. The van der Waals surface area contributed by atoms with Gasteiger partial charge in [-0.15, -0.1) is 0 Å². The molecule has 3 rings (SSSR count). The Morgan fingerprint density at radius 3 is 2.38 bits per heavy atom. The Bertz CT molecular complexity index is 579. The second kappa shape index (κ2) is 7.37. The quantitative estimate of drug-likeness (QED) is 0.903. The van der Waals surface area contributed by atoms with E-state index < -0.39 is 0 Å². The average molecular weight is 328 g/mol. The molecule has 3 unspecified atom stereocenters. The summed E-state index contributed by atoms with van der Waals surface area (Å²) in [5, 5.41) is 3.17. The van der Waals surface area contributed by atoms with E-state index in [9.17, 15) is 9.59 Å². The second-order valence-corrected chi connectivity index (χ2v) is 7.30. The lowest BCUT2D eigenvalue weighted by molar-refractivity contribution is -0.134. The maximum atomic E-state index is 12.9. The third kappa shape index (κ3) is 3.80. The standard InChI is InChI=1S/C20H28N2O2/c1-3-17(15-7-5-4-6-8-15)20(24)22-11-9-16(10-12-22)21-19(23)18-13-14(18)2/h4-8,14,16-18H,3,9-13H2,1-2H3,(H,21,23). The van der Waals surface area contributed by atoms with Gasteiger partial charge < -0.3 is 10.2 Å². The van der Waals surface area contributed by atoms with Crippen LogP contribution >= 0.6 is 0 Å². The van der Waals surface area contributed by atoms with Gasteiger partial charge >= 0.3 is 0 Å². The minimum atomic E-state index is -0.0512. The van der Waals surface area contributed by atoms with Crippen LogP contribution < -0.4 is 5.32 Å². The van der Waals surface area contributed by atoms with Crippen molar-refractivity contribution >= 4 is 11.8 Å². The smallest absolute Gasteiger partial charge is 0.230 e. The number of hydrogen-bond donors (Lipinski definition) is 1. The van der Waals surface area contributed by atoms with E-state index in [4.69, 9.17) is 0 Å². The lowest BCUT2D eigenvalue weighted by Gasteiger charge is -2.34. The van der Waals surface area contributed by atoms with Crippen LogP contribution in [0.4, 0.5) is 0 Å². The molecule has 1 aromatic carbocycles.